The highest BCUT2D eigenvalue weighted by atomic mass is 32.2. The lowest BCUT2D eigenvalue weighted by molar-refractivity contribution is 0.598. The van der Waals surface area contributed by atoms with Gasteiger partial charge in [-0.15, -0.1) is 11.3 Å². The molecule has 1 heterocycles. The molecule has 0 aliphatic carbocycles. The van der Waals surface area contributed by atoms with Gasteiger partial charge in [-0.1, -0.05) is 30.3 Å². The Hall–Kier alpha value is -1.21. The van der Waals surface area contributed by atoms with Crippen LogP contribution in [-0.4, -0.2) is 15.0 Å². The fourth-order valence-corrected chi connectivity index (χ4v) is 3.65. The highest BCUT2D eigenvalue weighted by Crippen LogP contribution is 2.17. The quantitative estimate of drug-likeness (QED) is 0.769. The Morgan fingerprint density at radius 2 is 1.95 bits per heavy atom. The van der Waals surface area contributed by atoms with Gasteiger partial charge in [-0.25, -0.2) is 13.6 Å². The van der Waals surface area contributed by atoms with E-state index in [1.54, 1.807) is 11.4 Å². The Labute approximate surface area is 123 Å². The lowest BCUT2D eigenvalue weighted by Crippen LogP contribution is -2.15. The Kier molecular flexibility index (Phi) is 5.31. The first kappa shape index (κ1) is 15.2. The number of thiophene rings is 1. The number of nitrogens with one attached hydrogen (secondary N) is 1. The first-order valence-corrected chi connectivity index (χ1v) is 8.83. The summed E-state index contributed by atoms with van der Waals surface area (Å²) in [5.41, 5.74) is 1.34. The maximum absolute atomic E-state index is 11.1. The molecule has 4 nitrogen and oxygen atoms in total. The number of hydrogen-bond acceptors (Lipinski definition) is 4. The molecule has 0 radical (unpaired) electrons. The van der Waals surface area contributed by atoms with Crippen molar-refractivity contribution in [2.75, 3.05) is 6.54 Å². The van der Waals surface area contributed by atoms with E-state index in [2.05, 4.69) is 17.4 Å². The second-order valence-electron chi connectivity index (χ2n) is 4.56. The van der Waals surface area contributed by atoms with Gasteiger partial charge in [0.15, 0.2) is 0 Å². The molecule has 0 fully saturated rings. The molecule has 0 unspecified atom stereocenters. The van der Waals surface area contributed by atoms with Crippen LogP contribution in [0.5, 0.6) is 0 Å². The molecule has 0 amide bonds. The molecule has 0 atom stereocenters. The minimum atomic E-state index is -3.57. The summed E-state index contributed by atoms with van der Waals surface area (Å²) < 4.78 is 22.3. The largest absolute Gasteiger partial charge is 0.312 e. The third-order valence-electron chi connectivity index (χ3n) is 2.92. The van der Waals surface area contributed by atoms with Gasteiger partial charge in [0, 0.05) is 16.8 Å². The van der Waals surface area contributed by atoms with Crippen LogP contribution < -0.4 is 10.5 Å². The molecular formula is C14H18N2O2S2. The number of primary sulfonamides is 1. The molecule has 0 aliphatic heterocycles. The molecule has 0 aliphatic rings. The number of hydrogen-bond donors (Lipinski definition) is 2. The van der Waals surface area contributed by atoms with Gasteiger partial charge in [-0.05, 0) is 31.0 Å². The maximum Gasteiger partial charge on any atom is 0.238 e. The Bertz CT molecular complexity index is 636. The van der Waals surface area contributed by atoms with Gasteiger partial charge in [0.25, 0.3) is 0 Å². The van der Waals surface area contributed by atoms with E-state index in [-0.39, 0.29) is 4.90 Å². The normalized spacial score (nSPS) is 11.7. The average molecular weight is 310 g/mol. The van der Waals surface area contributed by atoms with Crippen molar-refractivity contribution in [2.24, 2.45) is 5.14 Å². The van der Waals surface area contributed by atoms with Gasteiger partial charge < -0.3 is 5.32 Å². The molecule has 3 N–H and O–H groups in total. The number of sulfonamides is 1. The second kappa shape index (κ2) is 6.99. The van der Waals surface area contributed by atoms with Crippen LogP contribution in [-0.2, 0) is 23.0 Å². The van der Waals surface area contributed by atoms with E-state index >= 15 is 0 Å². The van der Waals surface area contributed by atoms with Crippen molar-refractivity contribution in [1.82, 2.24) is 5.32 Å². The number of rotatable bonds is 7. The molecule has 20 heavy (non-hydrogen) atoms. The molecule has 0 bridgehead atoms. The van der Waals surface area contributed by atoms with Gasteiger partial charge in [-0.3, -0.25) is 0 Å². The summed E-state index contributed by atoms with van der Waals surface area (Å²) >= 11 is 1.41. The number of aryl methyl sites for hydroxylation is 1. The van der Waals surface area contributed by atoms with Gasteiger partial charge >= 0.3 is 0 Å². The third kappa shape index (κ3) is 4.72. The fraction of sp³-hybridized carbons (Fsp3) is 0.286. The van der Waals surface area contributed by atoms with Gasteiger partial charge in [0.05, 0.1) is 4.90 Å². The molecular weight excluding hydrogens is 292 g/mol. The van der Waals surface area contributed by atoms with Gasteiger partial charge in [0.1, 0.15) is 0 Å². The molecule has 0 saturated heterocycles. The maximum atomic E-state index is 11.1. The molecule has 0 saturated carbocycles. The first-order valence-electron chi connectivity index (χ1n) is 6.40. The van der Waals surface area contributed by atoms with Crippen LogP contribution in [0.1, 0.15) is 16.9 Å². The minimum Gasteiger partial charge on any atom is -0.312 e. The van der Waals surface area contributed by atoms with Crippen molar-refractivity contribution in [3.05, 3.63) is 52.2 Å². The molecule has 1 aromatic heterocycles. The van der Waals surface area contributed by atoms with Crippen LogP contribution in [0, 0.1) is 0 Å². The Morgan fingerprint density at radius 3 is 2.60 bits per heavy atom. The van der Waals surface area contributed by atoms with E-state index < -0.39 is 10.0 Å². The SMILES string of the molecule is NS(=O)(=O)c1csc(CNCCCc2ccccc2)c1. The predicted molar refractivity (Wildman–Crippen MR) is 82.2 cm³/mol. The van der Waals surface area contributed by atoms with Crippen molar-refractivity contribution in [3.63, 3.8) is 0 Å². The van der Waals surface area contributed by atoms with Crippen LogP contribution in [0.25, 0.3) is 0 Å². The zero-order valence-corrected chi connectivity index (χ0v) is 12.7. The summed E-state index contributed by atoms with van der Waals surface area (Å²) in [7, 11) is -3.57. The van der Waals surface area contributed by atoms with E-state index in [9.17, 15) is 8.42 Å². The topological polar surface area (TPSA) is 72.2 Å². The standard InChI is InChI=1S/C14H18N2O2S2/c15-20(17,18)14-9-13(19-11-14)10-16-8-4-7-12-5-2-1-3-6-12/h1-3,5-6,9,11,16H,4,7-8,10H2,(H2,15,17,18). The summed E-state index contributed by atoms with van der Waals surface area (Å²) in [6.07, 6.45) is 2.10. The van der Waals surface area contributed by atoms with E-state index in [0.29, 0.717) is 6.54 Å². The van der Waals surface area contributed by atoms with E-state index in [1.165, 1.54) is 16.9 Å². The molecule has 6 heteroatoms. The molecule has 0 spiro atoms. The van der Waals surface area contributed by atoms with Crippen molar-refractivity contribution in [2.45, 2.75) is 24.3 Å². The highest BCUT2D eigenvalue weighted by Gasteiger charge is 2.10. The van der Waals surface area contributed by atoms with Crippen LogP contribution >= 0.6 is 11.3 Å². The zero-order chi connectivity index (χ0) is 14.4. The third-order valence-corrected chi connectivity index (χ3v) is 4.90. The monoisotopic (exact) mass is 310 g/mol. The first-order chi connectivity index (χ1) is 9.55. The summed E-state index contributed by atoms with van der Waals surface area (Å²) in [6.45, 7) is 1.58. The lowest BCUT2D eigenvalue weighted by Gasteiger charge is -2.03. The van der Waals surface area contributed by atoms with Crippen LogP contribution in [0.3, 0.4) is 0 Å². The van der Waals surface area contributed by atoms with Crippen molar-refractivity contribution >= 4 is 21.4 Å². The highest BCUT2D eigenvalue weighted by molar-refractivity contribution is 7.89. The summed E-state index contributed by atoms with van der Waals surface area (Å²) in [4.78, 5) is 1.18. The van der Waals surface area contributed by atoms with E-state index in [0.717, 1.165) is 24.3 Å². The molecule has 2 aromatic rings. The molecule has 2 rings (SSSR count). The van der Waals surface area contributed by atoms with Crippen molar-refractivity contribution in [1.29, 1.82) is 0 Å². The smallest absolute Gasteiger partial charge is 0.238 e. The summed E-state index contributed by atoms with van der Waals surface area (Å²) in [5.74, 6) is 0. The Morgan fingerprint density at radius 1 is 1.20 bits per heavy atom. The minimum absolute atomic E-state index is 0.198. The van der Waals surface area contributed by atoms with Crippen molar-refractivity contribution in [3.8, 4) is 0 Å². The van der Waals surface area contributed by atoms with E-state index in [1.807, 2.05) is 18.2 Å². The van der Waals surface area contributed by atoms with Gasteiger partial charge in [-0.2, -0.15) is 0 Å². The molecule has 108 valence electrons. The van der Waals surface area contributed by atoms with E-state index in [4.69, 9.17) is 5.14 Å². The summed E-state index contributed by atoms with van der Waals surface area (Å²) in [6, 6.07) is 12.0. The zero-order valence-electron chi connectivity index (χ0n) is 11.1. The molecule has 1 aromatic carbocycles. The van der Waals surface area contributed by atoms with Crippen molar-refractivity contribution < 1.29 is 8.42 Å². The van der Waals surface area contributed by atoms with Crippen LogP contribution in [0.4, 0.5) is 0 Å². The van der Waals surface area contributed by atoms with Crippen LogP contribution in [0.15, 0.2) is 46.7 Å². The average Bonchev–Trinajstić information content (AvgIpc) is 2.88. The number of nitrogens with two attached hydrogens (primary N) is 1. The van der Waals surface area contributed by atoms with Crippen LogP contribution in [0.2, 0.25) is 0 Å². The second-order valence-corrected chi connectivity index (χ2v) is 7.12. The van der Waals surface area contributed by atoms with Gasteiger partial charge in [0.2, 0.25) is 10.0 Å². The summed E-state index contributed by atoms with van der Waals surface area (Å²) in [5, 5.41) is 9.96. The predicted octanol–water partition coefficient (Wildman–Crippen LogP) is 2.12. The Balaban J connectivity index is 1.70. The number of benzene rings is 1. The fourth-order valence-electron chi connectivity index (χ4n) is 1.88. The lowest BCUT2D eigenvalue weighted by atomic mass is 10.1.